The molecule has 0 unspecified atom stereocenters. The molecule has 1 aliphatic heterocycles. The first-order chi connectivity index (χ1) is 12.2. The van der Waals surface area contributed by atoms with Gasteiger partial charge in [0.05, 0.1) is 0 Å². The van der Waals surface area contributed by atoms with Crippen LogP contribution in [0.4, 0.5) is 0 Å². The first-order valence-corrected chi connectivity index (χ1v) is 8.38. The molecule has 4 rings (SSSR count). The molecule has 1 aliphatic rings. The van der Waals surface area contributed by atoms with Gasteiger partial charge in [-0.3, -0.25) is 0 Å². The van der Waals surface area contributed by atoms with Crippen LogP contribution < -0.4 is 9.47 Å². The maximum Gasteiger partial charge on any atom is 0.231 e. The molecule has 0 radical (unpaired) electrons. The van der Waals surface area contributed by atoms with Gasteiger partial charge in [-0.05, 0) is 24.1 Å². The van der Waals surface area contributed by atoms with Crippen LogP contribution in [0.15, 0.2) is 35.1 Å². The van der Waals surface area contributed by atoms with E-state index in [0.717, 1.165) is 42.5 Å². The Hall–Kier alpha value is -2.83. The minimum atomic E-state index is 0.280. The lowest BCUT2D eigenvalue weighted by atomic mass is 10.00. The van der Waals surface area contributed by atoms with Gasteiger partial charge in [-0.2, -0.15) is 4.98 Å². The number of imidazole rings is 1. The standard InChI is InChI=1S/C18H20N4O3/c1-12(9-14-3-4-15-16(10-14)24-11-23-15)18-19-6-8-22(18)7-5-17-20-13(2)25-21-17/h3-4,6,8,10,12H,5,7,9,11H2,1-2H3/t12-/m0/s1. The minimum absolute atomic E-state index is 0.280. The summed E-state index contributed by atoms with van der Waals surface area (Å²) in [5.41, 5.74) is 1.21. The average Bonchev–Trinajstić information content (AvgIpc) is 3.32. The fourth-order valence-corrected chi connectivity index (χ4v) is 3.12. The van der Waals surface area contributed by atoms with Gasteiger partial charge in [0.15, 0.2) is 17.3 Å². The van der Waals surface area contributed by atoms with E-state index in [-0.39, 0.29) is 5.92 Å². The van der Waals surface area contributed by atoms with Gasteiger partial charge < -0.3 is 18.6 Å². The van der Waals surface area contributed by atoms with Gasteiger partial charge in [0.25, 0.3) is 0 Å². The maximum absolute atomic E-state index is 5.46. The van der Waals surface area contributed by atoms with Gasteiger partial charge in [-0.1, -0.05) is 18.1 Å². The highest BCUT2D eigenvalue weighted by molar-refractivity contribution is 5.44. The van der Waals surface area contributed by atoms with Crippen molar-refractivity contribution in [3.05, 3.63) is 53.7 Å². The Morgan fingerprint density at radius 3 is 2.96 bits per heavy atom. The van der Waals surface area contributed by atoms with Crippen molar-refractivity contribution in [3.63, 3.8) is 0 Å². The average molecular weight is 340 g/mol. The van der Waals surface area contributed by atoms with E-state index in [0.29, 0.717) is 12.7 Å². The number of hydrogen-bond donors (Lipinski definition) is 0. The molecule has 0 aliphatic carbocycles. The summed E-state index contributed by atoms with van der Waals surface area (Å²) in [6.45, 7) is 5.06. The molecule has 2 aromatic heterocycles. The number of hydrogen-bond acceptors (Lipinski definition) is 6. The molecular formula is C18H20N4O3. The molecule has 1 atom stereocenters. The van der Waals surface area contributed by atoms with Crippen LogP contribution in [-0.2, 0) is 19.4 Å². The van der Waals surface area contributed by atoms with Crippen molar-refractivity contribution in [1.29, 1.82) is 0 Å². The van der Waals surface area contributed by atoms with Crippen LogP contribution in [0.25, 0.3) is 0 Å². The van der Waals surface area contributed by atoms with Gasteiger partial charge in [0, 0.05) is 38.2 Å². The summed E-state index contributed by atoms with van der Waals surface area (Å²) < 4.78 is 18.0. The second kappa shape index (κ2) is 6.58. The predicted octanol–water partition coefficient (Wildman–Crippen LogP) is 2.89. The summed E-state index contributed by atoms with van der Waals surface area (Å²) in [5, 5.41) is 3.95. The Balaban J connectivity index is 1.43. The van der Waals surface area contributed by atoms with E-state index in [1.165, 1.54) is 5.56 Å². The molecule has 0 saturated carbocycles. The molecule has 130 valence electrons. The Bertz CT molecular complexity index is 871. The summed E-state index contributed by atoms with van der Waals surface area (Å²) in [4.78, 5) is 8.79. The van der Waals surface area contributed by atoms with E-state index in [2.05, 4.69) is 32.7 Å². The van der Waals surface area contributed by atoms with Crippen LogP contribution in [0.3, 0.4) is 0 Å². The Labute approximate surface area is 145 Å². The van der Waals surface area contributed by atoms with Gasteiger partial charge in [-0.15, -0.1) is 0 Å². The first kappa shape index (κ1) is 15.7. The lowest BCUT2D eigenvalue weighted by Gasteiger charge is -2.14. The number of fused-ring (bicyclic) bond motifs is 1. The third-order valence-electron chi connectivity index (χ3n) is 4.31. The predicted molar refractivity (Wildman–Crippen MR) is 89.7 cm³/mol. The molecule has 3 heterocycles. The number of aromatic nitrogens is 4. The molecule has 1 aromatic carbocycles. The van der Waals surface area contributed by atoms with Gasteiger partial charge in [0.1, 0.15) is 5.82 Å². The second-order valence-electron chi connectivity index (χ2n) is 6.25. The van der Waals surface area contributed by atoms with Gasteiger partial charge in [0.2, 0.25) is 12.7 Å². The molecule has 0 amide bonds. The highest BCUT2D eigenvalue weighted by atomic mass is 16.7. The van der Waals surface area contributed by atoms with Crippen LogP contribution in [0.1, 0.15) is 35.9 Å². The van der Waals surface area contributed by atoms with Crippen molar-refractivity contribution < 1.29 is 14.0 Å². The summed E-state index contributed by atoms with van der Waals surface area (Å²) in [5.74, 6) is 4.28. The van der Waals surface area contributed by atoms with E-state index in [9.17, 15) is 0 Å². The zero-order chi connectivity index (χ0) is 17.2. The van der Waals surface area contributed by atoms with E-state index in [1.807, 2.05) is 24.5 Å². The zero-order valence-electron chi connectivity index (χ0n) is 14.3. The molecule has 25 heavy (non-hydrogen) atoms. The Morgan fingerprint density at radius 2 is 2.12 bits per heavy atom. The molecule has 0 bridgehead atoms. The number of benzene rings is 1. The van der Waals surface area contributed by atoms with Crippen molar-refractivity contribution in [1.82, 2.24) is 19.7 Å². The molecule has 7 nitrogen and oxygen atoms in total. The molecule has 0 saturated heterocycles. The lowest BCUT2D eigenvalue weighted by molar-refractivity contribution is 0.174. The molecule has 0 fully saturated rings. The highest BCUT2D eigenvalue weighted by Gasteiger charge is 2.17. The Kier molecular flexibility index (Phi) is 4.13. The van der Waals surface area contributed by atoms with Crippen molar-refractivity contribution in [2.75, 3.05) is 6.79 Å². The SMILES string of the molecule is Cc1nc(CCn2ccnc2[C@@H](C)Cc2ccc3c(c2)OCO3)no1. The fraction of sp³-hybridized carbons (Fsp3) is 0.389. The molecule has 0 spiro atoms. The normalized spacial score (nSPS) is 14.0. The van der Waals surface area contributed by atoms with Crippen LogP contribution in [-0.4, -0.2) is 26.5 Å². The number of rotatable bonds is 6. The molecule has 7 heteroatoms. The quantitative estimate of drug-likeness (QED) is 0.687. The van der Waals surface area contributed by atoms with E-state index >= 15 is 0 Å². The molecular weight excluding hydrogens is 320 g/mol. The number of nitrogens with zero attached hydrogens (tertiary/aromatic N) is 4. The van der Waals surface area contributed by atoms with Crippen LogP contribution in [0.5, 0.6) is 11.5 Å². The van der Waals surface area contributed by atoms with E-state index in [1.54, 1.807) is 6.92 Å². The maximum atomic E-state index is 5.46. The van der Waals surface area contributed by atoms with Gasteiger partial charge >= 0.3 is 0 Å². The molecule has 3 aromatic rings. The van der Waals surface area contributed by atoms with E-state index < -0.39 is 0 Å². The highest BCUT2D eigenvalue weighted by Crippen LogP contribution is 2.33. The van der Waals surface area contributed by atoms with E-state index in [4.69, 9.17) is 14.0 Å². The summed E-state index contributed by atoms with van der Waals surface area (Å²) in [7, 11) is 0. The summed E-state index contributed by atoms with van der Waals surface area (Å²) in [6, 6.07) is 6.10. The smallest absolute Gasteiger partial charge is 0.231 e. The summed E-state index contributed by atoms with van der Waals surface area (Å²) in [6.07, 6.45) is 5.44. The molecule has 0 N–H and O–H groups in total. The third-order valence-corrected chi connectivity index (χ3v) is 4.31. The minimum Gasteiger partial charge on any atom is -0.454 e. The number of ether oxygens (including phenoxy) is 2. The Morgan fingerprint density at radius 1 is 1.24 bits per heavy atom. The van der Waals surface area contributed by atoms with Crippen molar-refractivity contribution in [3.8, 4) is 11.5 Å². The number of aryl methyl sites for hydroxylation is 3. The van der Waals surface area contributed by atoms with Crippen LogP contribution in [0.2, 0.25) is 0 Å². The topological polar surface area (TPSA) is 75.2 Å². The van der Waals surface area contributed by atoms with Crippen LogP contribution in [0, 0.1) is 6.92 Å². The zero-order valence-corrected chi connectivity index (χ0v) is 14.3. The van der Waals surface area contributed by atoms with Crippen molar-refractivity contribution in [2.45, 2.75) is 39.2 Å². The van der Waals surface area contributed by atoms with Crippen LogP contribution >= 0.6 is 0 Å². The van der Waals surface area contributed by atoms with Crippen molar-refractivity contribution in [2.24, 2.45) is 0 Å². The van der Waals surface area contributed by atoms with Gasteiger partial charge in [-0.25, -0.2) is 4.98 Å². The fourth-order valence-electron chi connectivity index (χ4n) is 3.12. The first-order valence-electron chi connectivity index (χ1n) is 8.38. The third kappa shape index (κ3) is 3.35. The lowest BCUT2D eigenvalue weighted by Crippen LogP contribution is -2.11. The monoisotopic (exact) mass is 340 g/mol. The summed E-state index contributed by atoms with van der Waals surface area (Å²) >= 11 is 0. The largest absolute Gasteiger partial charge is 0.454 e. The second-order valence-corrected chi connectivity index (χ2v) is 6.25. The van der Waals surface area contributed by atoms with Crippen molar-refractivity contribution >= 4 is 0 Å².